The smallest absolute Gasteiger partial charge is 0.122 e. The van der Waals surface area contributed by atoms with Crippen LogP contribution in [0.4, 0.5) is 0 Å². The lowest BCUT2D eigenvalue weighted by Gasteiger charge is -2.20. The first kappa shape index (κ1) is 13.2. The van der Waals surface area contributed by atoms with Crippen LogP contribution in [-0.2, 0) is 6.42 Å². The Kier molecular flexibility index (Phi) is 3.75. The van der Waals surface area contributed by atoms with Crippen LogP contribution < -0.4 is 10.1 Å². The molecule has 1 unspecified atom stereocenters. The summed E-state index contributed by atoms with van der Waals surface area (Å²) in [7, 11) is 0. The average molecular weight is 267 g/mol. The molecule has 1 aliphatic rings. The number of nitrogens with one attached hydrogen (secondary N) is 1. The second-order valence-electron chi connectivity index (χ2n) is 5.37. The van der Waals surface area contributed by atoms with E-state index in [0.717, 1.165) is 25.3 Å². The van der Waals surface area contributed by atoms with E-state index in [1.807, 2.05) is 0 Å². The third-order valence-corrected chi connectivity index (χ3v) is 3.87. The zero-order valence-electron chi connectivity index (χ0n) is 12.1. The number of ether oxygens (including phenoxy) is 1. The van der Waals surface area contributed by atoms with Crippen molar-refractivity contribution in [2.24, 2.45) is 0 Å². The van der Waals surface area contributed by atoms with Gasteiger partial charge in [-0.15, -0.1) is 0 Å². The van der Waals surface area contributed by atoms with Crippen LogP contribution in [0, 0.1) is 6.92 Å². The zero-order chi connectivity index (χ0) is 13.9. The molecular formula is C18H21NO. The molecule has 20 heavy (non-hydrogen) atoms. The first-order valence-electron chi connectivity index (χ1n) is 7.33. The van der Waals surface area contributed by atoms with Gasteiger partial charge in [-0.05, 0) is 36.2 Å². The molecule has 1 atom stereocenters. The van der Waals surface area contributed by atoms with Crippen molar-refractivity contribution in [3.63, 3.8) is 0 Å². The summed E-state index contributed by atoms with van der Waals surface area (Å²) in [6, 6.07) is 15.6. The molecule has 0 aromatic heterocycles. The molecule has 0 bridgehead atoms. The molecule has 1 aliphatic heterocycles. The van der Waals surface area contributed by atoms with Gasteiger partial charge < -0.3 is 10.1 Å². The van der Waals surface area contributed by atoms with Gasteiger partial charge in [-0.1, -0.05) is 48.9 Å². The molecule has 2 heteroatoms. The third-order valence-electron chi connectivity index (χ3n) is 3.87. The first-order chi connectivity index (χ1) is 9.78. The summed E-state index contributed by atoms with van der Waals surface area (Å²) in [6.07, 6.45) is 1.02. The normalized spacial score (nSPS) is 14.7. The molecule has 0 amide bonds. The lowest BCUT2D eigenvalue weighted by molar-refractivity contribution is 0.357. The number of aryl methyl sites for hydroxylation is 1. The largest absolute Gasteiger partial charge is 0.493 e. The van der Waals surface area contributed by atoms with Crippen molar-refractivity contribution in [3.8, 4) is 5.75 Å². The molecule has 0 saturated carbocycles. The molecule has 2 nitrogen and oxygen atoms in total. The van der Waals surface area contributed by atoms with Crippen molar-refractivity contribution >= 4 is 0 Å². The maximum atomic E-state index is 5.59. The Labute approximate surface area is 120 Å². The highest BCUT2D eigenvalue weighted by Crippen LogP contribution is 2.30. The molecule has 3 rings (SSSR count). The Hall–Kier alpha value is -1.80. The van der Waals surface area contributed by atoms with Crippen LogP contribution in [0.25, 0.3) is 0 Å². The van der Waals surface area contributed by atoms with E-state index < -0.39 is 0 Å². The summed E-state index contributed by atoms with van der Waals surface area (Å²) in [5.41, 5.74) is 5.26. The second kappa shape index (κ2) is 5.68. The van der Waals surface area contributed by atoms with Crippen LogP contribution >= 0.6 is 0 Å². The predicted octanol–water partition coefficient (Wildman–Crippen LogP) is 3.63. The maximum Gasteiger partial charge on any atom is 0.122 e. The summed E-state index contributed by atoms with van der Waals surface area (Å²) < 4.78 is 5.59. The van der Waals surface area contributed by atoms with Crippen LogP contribution in [-0.4, -0.2) is 13.2 Å². The van der Waals surface area contributed by atoms with Crippen LogP contribution in [0.1, 0.15) is 35.2 Å². The maximum absolute atomic E-state index is 5.59. The Morgan fingerprint density at radius 3 is 2.60 bits per heavy atom. The minimum Gasteiger partial charge on any atom is -0.493 e. The summed E-state index contributed by atoms with van der Waals surface area (Å²) in [6.45, 7) is 6.04. The Balaban J connectivity index is 1.95. The molecular weight excluding hydrogens is 246 g/mol. The van der Waals surface area contributed by atoms with Gasteiger partial charge in [-0.2, -0.15) is 0 Å². The van der Waals surface area contributed by atoms with Crippen LogP contribution in [0.15, 0.2) is 42.5 Å². The lowest BCUT2D eigenvalue weighted by atomic mass is 9.96. The molecule has 0 saturated heterocycles. The van der Waals surface area contributed by atoms with E-state index in [2.05, 4.69) is 61.6 Å². The van der Waals surface area contributed by atoms with Crippen LogP contribution in [0.2, 0.25) is 0 Å². The quantitative estimate of drug-likeness (QED) is 0.913. The molecule has 0 radical (unpaired) electrons. The molecule has 0 spiro atoms. The van der Waals surface area contributed by atoms with Gasteiger partial charge >= 0.3 is 0 Å². The van der Waals surface area contributed by atoms with Gasteiger partial charge in [-0.3, -0.25) is 0 Å². The van der Waals surface area contributed by atoms with Crippen molar-refractivity contribution in [1.29, 1.82) is 0 Å². The fourth-order valence-corrected chi connectivity index (χ4v) is 2.78. The fraction of sp³-hybridized carbons (Fsp3) is 0.333. The first-order valence-corrected chi connectivity index (χ1v) is 7.33. The highest BCUT2D eigenvalue weighted by molar-refractivity contribution is 5.43. The summed E-state index contributed by atoms with van der Waals surface area (Å²) >= 11 is 0. The highest BCUT2D eigenvalue weighted by Gasteiger charge is 2.17. The third kappa shape index (κ3) is 2.56. The van der Waals surface area contributed by atoms with Crippen molar-refractivity contribution in [2.75, 3.05) is 13.2 Å². The van der Waals surface area contributed by atoms with Crippen molar-refractivity contribution < 1.29 is 4.74 Å². The molecule has 104 valence electrons. The van der Waals surface area contributed by atoms with E-state index in [4.69, 9.17) is 4.74 Å². The van der Waals surface area contributed by atoms with E-state index in [-0.39, 0.29) is 6.04 Å². The summed E-state index contributed by atoms with van der Waals surface area (Å²) in [5.74, 6) is 1.05. The number of benzene rings is 2. The molecule has 1 heterocycles. The standard InChI is InChI=1S/C18H21NO/c1-3-19-18(14-6-4-13(2)5-7-14)16-8-9-17-15(12-16)10-11-20-17/h4-9,12,18-19H,3,10-11H2,1-2H3. The van der Waals surface area contributed by atoms with Crippen molar-refractivity contribution in [1.82, 2.24) is 5.32 Å². The second-order valence-corrected chi connectivity index (χ2v) is 5.37. The minimum absolute atomic E-state index is 0.256. The monoisotopic (exact) mass is 267 g/mol. The zero-order valence-corrected chi connectivity index (χ0v) is 12.1. The van der Waals surface area contributed by atoms with Gasteiger partial charge in [0, 0.05) is 6.42 Å². The van der Waals surface area contributed by atoms with E-state index in [0.29, 0.717) is 0 Å². The van der Waals surface area contributed by atoms with E-state index in [9.17, 15) is 0 Å². The minimum atomic E-state index is 0.256. The SMILES string of the molecule is CCNC(c1ccc(C)cc1)c1ccc2c(c1)CCO2. The topological polar surface area (TPSA) is 21.3 Å². The van der Waals surface area contributed by atoms with Gasteiger partial charge in [0.15, 0.2) is 0 Å². The fourth-order valence-electron chi connectivity index (χ4n) is 2.78. The van der Waals surface area contributed by atoms with Gasteiger partial charge in [0.25, 0.3) is 0 Å². The van der Waals surface area contributed by atoms with Gasteiger partial charge in [0.05, 0.1) is 12.6 Å². The molecule has 0 fully saturated rings. The molecule has 1 N–H and O–H groups in total. The van der Waals surface area contributed by atoms with E-state index in [1.54, 1.807) is 0 Å². The van der Waals surface area contributed by atoms with Crippen LogP contribution in [0.5, 0.6) is 5.75 Å². The van der Waals surface area contributed by atoms with Crippen molar-refractivity contribution in [3.05, 3.63) is 64.7 Å². The highest BCUT2D eigenvalue weighted by atomic mass is 16.5. The van der Waals surface area contributed by atoms with Gasteiger partial charge in [-0.25, -0.2) is 0 Å². The summed E-state index contributed by atoms with van der Waals surface area (Å²) in [4.78, 5) is 0. The molecule has 2 aromatic carbocycles. The van der Waals surface area contributed by atoms with E-state index in [1.165, 1.54) is 22.3 Å². The number of fused-ring (bicyclic) bond motifs is 1. The predicted molar refractivity (Wildman–Crippen MR) is 82.3 cm³/mol. The van der Waals surface area contributed by atoms with E-state index >= 15 is 0 Å². The number of hydrogen-bond donors (Lipinski definition) is 1. The molecule has 0 aliphatic carbocycles. The Bertz CT molecular complexity index is 589. The van der Waals surface area contributed by atoms with Crippen LogP contribution in [0.3, 0.4) is 0 Å². The lowest BCUT2D eigenvalue weighted by Crippen LogP contribution is -2.22. The Morgan fingerprint density at radius 1 is 1.10 bits per heavy atom. The number of rotatable bonds is 4. The average Bonchev–Trinajstić information content (AvgIpc) is 2.93. The molecule has 2 aromatic rings. The van der Waals surface area contributed by atoms with Gasteiger partial charge in [0.2, 0.25) is 0 Å². The summed E-state index contributed by atoms with van der Waals surface area (Å²) in [5, 5.41) is 3.59. The number of hydrogen-bond acceptors (Lipinski definition) is 2. The Morgan fingerprint density at radius 2 is 1.85 bits per heavy atom. The van der Waals surface area contributed by atoms with Crippen molar-refractivity contribution in [2.45, 2.75) is 26.3 Å². The van der Waals surface area contributed by atoms with Gasteiger partial charge in [0.1, 0.15) is 5.75 Å².